The summed E-state index contributed by atoms with van der Waals surface area (Å²) in [5.74, 6) is -0.787. The second-order valence-electron chi connectivity index (χ2n) is 6.51. The molecule has 0 saturated carbocycles. The standard InChI is InChI=1S/C17H17FN4O/c1-17(2,3)14-13-12(9-6-4-5-7-11(9)18)10(8-19)15(20)23-16(13)22-21-14/h4-7,12H,20H2,1-3H3,(H,21,22)/t12-/m1/s1. The summed E-state index contributed by atoms with van der Waals surface area (Å²) in [4.78, 5) is 0. The molecule has 0 saturated heterocycles. The fourth-order valence-electron chi connectivity index (χ4n) is 2.84. The summed E-state index contributed by atoms with van der Waals surface area (Å²) >= 11 is 0. The van der Waals surface area contributed by atoms with Crippen LogP contribution in [-0.4, -0.2) is 10.2 Å². The average Bonchev–Trinajstić information content (AvgIpc) is 2.90. The van der Waals surface area contributed by atoms with Crippen molar-refractivity contribution in [2.45, 2.75) is 32.1 Å². The van der Waals surface area contributed by atoms with Crippen molar-refractivity contribution in [1.29, 1.82) is 5.26 Å². The molecule has 5 nitrogen and oxygen atoms in total. The highest BCUT2D eigenvalue weighted by Crippen LogP contribution is 2.45. The van der Waals surface area contributed by atoms with Crippen LogP contribution in [0.4, 0.5) is 4.39 Å². The monoisotopic (exact) mass is 312 g/mol. The third-order valence-electron chi connectivity index (χ3n) is 3.91. The SMILES string of the molecule is CC(C)(C)c1[nH]nc2c1[C@H](c1ccccc1F)C(C#N)=C(N)O2. The Bertz CT molecular complexity index is 839. The number of aromatic nitrogens is 2. The third kappa shape index (κ3) is 2.34. The predicted octanol–water partition coefficient (Wildman–Crippen LogP) is 3.06. The molecule has 2 heterocycles. The van der Waals surface area contributed by atoms with Gasteiger partial charge in [-0.3, -0.25) is 5.10 Å². The summed E-state index contributed by atoms with van der Waals surface area (Å²) in [6.07, 6.45) is 0. The lowest BCUT2D eigenvalue weighted by atomic mass is 9.78. The van der Waals surface area contributed by atoms with Crippen LogP contribution >= 0.6 is 0 Å². The van der Waals surface area contributed by atoms with Gasteiger partial charge in [-0.2, -0.15) is 5.26 Å². The number of hydrogen-bond acceptors (Lipinski definition) is 4. The number of halogens is 1. The zero-order chi connectivity index (χ0) is 16.8. The van der Waals surface area contributed by atoms with Crippen LogP contribution in [-0.2, 0) is 5.41 Å². The topological polar surface area (TPSA) is 87.7 Å². The number of nitriles is 1. The molecule has 0 unspecified atom stereocenters. The van der Waals surface area contributed by atoms with Crippen molar-refractivity contribution < 1.29 is 9.13 Å². The molecule has 3 N–H and O–H groups in total. The molecule has 1 aromatic heterocycles. The Hall–Kier alpha value is -2.81. The van der Waals surface area contributed by atoms with Gasteiger partial charge in [-0.1, -0.05) is 39.0 Å². The lowest BCUT2D eigenvalue weighted by molar-refractivity contribution is 0.377. The first-order chi connectivity index (χ1) is 10.8. The van der Waals surface area contributed by atoms with Gasteiger partial charge in [0.2, 0.25) is 11.8 Å². The van der Waals surface area contributed by atoms with Gasteiger partial charge in [-0.05, 0) is 6.07 Å². The quantitative estimate of drug-likeness (QED) is 0.847. The van der Waals surface area contributed by atoms with Gasteiger partial charge >= 0.3 is 0 Å². The number of fused-ring (bicyclic) bond motifs is 1. The number of ether oxygens (including phenoxy) is 1. The molecule has 1 atom stereocenters. The van der Waals surface area contributed by atoms with Gasteiger partial charge in [0.25, 0.3) is 0 Å². The highest BCUT2D eigenvalue weighted by Gasteiger charge is 2.38. The summed E-state index contributed by atoms with van der Waals surface area (Å²) in [6.45, 7) is 6.02. The van der Waals surface area contributed by atoms with Crippen molar-refractivity contribution >= 4 is 0 Å². The second kappa shape index (κ2) is 5.13. The summed E-state index contributed by atoms with van der Waals surface area (Å²) < 4.78 is 19.9. The van der Waals surface area contributed by atoms with E-state index in [1.807, 2.05) is 20.8 Å². The maximum absolute atomic E-state index is 14.4. The highest BCUT2D eigenvalue weighted by atomic mass is 19.1. The van der Waals surface area contributed by atoms with Crippen LogP contribution < -0.4 is 10.5 Å². The van der Waals surface area contributed by atoms with Gasteiger partial charge in [-0.25, -0.2) is 4.39 Å². The maximum Gasteiger partial charge on any atom is 0.244 e. The van der Waals surface area contributed by atoms with Crippen molar-refractivity contribution in [2.24, 2.45) is 5.73 Å². The Morgan fingerprint density at radius 1 is 1.35 bits per heavy atom. The molecule has 23 heavy (non-hydrogen) atoms. The minimum atomic E-state index is -0.641. The fourth-order valence-corrected chi connectivity index (χ4v) is 2.84. The molecule has 0 fully saturated rings. The summed E-state index contributed by atoms with van der Waals surface area (Å²) in [7, 11) is 0. The molecule has 0 amide bonds. The van der Waals surface area contributed by atoms with E-state index >= 15 is 0 Å². The molecular weight excluding hydrogens is 295 g/mol. The zero-order valence-electron chi connectivity index (χ0n) is 13.1. The van der Waals surface area contributed by atoms with Crippen LogP contribution in [0.25, 0.3) is 0 Å². The van der Waals surface area contributed by atoms with E-state index < -0.39 is 11.7 Å². The smallest absolute Gasteiger partial charge is 0.244 e. The Labute approximate surface area is 133 Å². The highest BCUT2D eigenvalue weighted by molar-refractivity contribution is 5.56. The Balaban J connectivity index is 2.31. The molecule has 0 aliphatic carbocycles. The summed E-state index contributed by atoms with van der Waals surface area (Å²) in [5.41, 5.74) is 7.60. The van der Waals surface area contributed by atoms with E-state index in [-0.39, 0.29) is 16.9 Å². The van der Waals surface area contributed by atoms with Crippen molar-refractivity contribution in [3.05, 3.63) is 58.4 Å². The van der Waals surface area contributed by atoms with Gasteiger partial charge in [0.15, 0.2) is 0 Å². The first kappa shape index (κ1) is 15.1. The zero-order valence-corrected chi connectivity index (χ0v) is 13.1. The number of rotatable bonds is 1. The Morgan fingerprint density at radius 3 is 2.65 bits per heavy atom. The molecule has 1 aromatic carbocycles. The van der Waals surface area contributed by atoms with E-state index in [1.165, 1.54) is 6.07 Å². The molecule has 2 aromatic rings. The van der Waals surface area contributed by atoms with E-state index in [4.69, 9.17) is 10.5 Å². The fraction of sp³-hybridized carbons (Fsp3) is 0.294. The van der Waals surface area contributed by atoms with Gasteiger partial charge < -0.3 is 10.5 Å². The van der Waals surface area contributed by atoms with E-state index in [9.17, 15) is 9.65 Å². The lowest BCUT2D eigenvalue weighted by Gasteiger charge is -2.27. The lowest BCUT2D eigenvalue weighted by Crippen LogP contribution is -2.24. The number of nitrogens with two attached hydrogens (primary N) is 1. The largest absolute Gasteiger partial charge is 0.420 e. The molecule has 0 bridgehead atoms. The minimum Gasteiger partial charge on any atom is -0.420 e. The van der Waals surface area contributed by atoms with Crippen molar-refractivity contribution in [1.82, 2.24) is 10.2 Å². The summed E-state index contributed by atoms with van der Waals surface area (Å²) in [6, 6.07) is 8.42. The molecule has 3 rings (SSSR count). The van der Waals surface area contributed by atoms with Gasteiger partial charge in [0, 0.05) is 16.7 Å². The predicted molar refractivity (Wildman–Crippen MR) is 83.0 cm³/mol. The van der Waals surface area contributed by atoms with Crippen LogP contribution in [0.3, 0.4) is 0 Å². The maximum atomic E-state index is 14.4. The van der Waals surface area contributed by atoms with Crippen molar-refractivity contribution in [2.75, 3.05) is 0 Å². The molecule has 0 radical (unpaired) electrons. The molecule has 6 heteroatoms. The van der Waals surface area contributed by atoms with E-state index in [0.29, 0.717) is 17.0 Å². The van der Waals surface area contributed by atoms with E-state index in [0.717, 1.165) is 5.69 Å². The number of nitrogens with one attached hydrogen (secondary N) is 1. The average molecular weight is 312 g/mol. The van der Waals surface area contributed by atoms with Crippen LogP contribution in [0, 0.1) is 17.1 Å². The van der Waals surface area contributed by atoms with E-state index in [2.05, 4.69) is 16.3 Å². The first-order valence-corrected chi connectivity index (χ1v) is 7.25. The van der Waals surface area contributed by atoms with Gasteiger partial charge in [-0.15, -0.1) is 5.10 Å². The van der Waals surface area contributed by atoms with Crippen molar-refractivity contribution in [3.63, 3.8) is 0 Å². The van der Waals surface area contributed by atoms with Crippen LogP contribution in [0.2, 0.25) is 0 Å². The molecule has 118 valence electrons. The third-order valence-corrected chi connectivity index (χ3v) is 3.91. The van der Waals surface area contributed by atoms with E-state index in [1.54, 1.807) is 18.2 Å². The normalized spacial score (nSPS) is 17.4. The number of nitrogens with zero attached hydrogens (tertiary/aromatic N) is 2. The number of benzene rings is 1. The number of allylic oxidation sites excluding steroid dienone is 1. The van der Waals surface area contributed by atoms with Crippen molar-refractivity contribution in [3.8, 4) is 11.9 Å². The summed E-state index contributed by atoms with van der Waals surface area (Å²) in [5, 5.41) is 16.6. The van der Waals surface area contributed by atoms with Gasteiger partial charge in [0.1, 0.15) is 17.5 Å². The number of H-pyrrole nitrogens is 1. The minimum absolute atomic E-state index is 0.0415. The van der Waals surface area contributed by atoms with Crippen LogP contribution in [0.1, 0.15) is 43.5 Å². The van der Waals surface area contributed by atoms with Gasteiger partial charge in [0.05, 0.1) is 11.5 Å². The molecular formula is C17H17FN4O. The number of aromatic amines is 1. The molecule has 1 aliphatic rings. The Morgan fingerprint density at radius 2 is 2.04 bits per heavy atom. The molecule has 0 spiro atoms. The first-order valence-electron chi connectivity index (χ1n) is 7.25. The molecule has 1 aliphatic heterocycles. The second-order valence-corrected chi connectivity index (χ2v) is 6.51. The van der Waals surface area contributed by atoms with Crippen LogP contribution in [0.5, 0.6) is 5.88 Å². The Kier molecular flexibility index (Phi) is 3.37. The van der Waals surface area contributed by atoms with Crippen LogP contribution in [0.15, 0.2) is 35.7 Å². The number of hydrogen-bond donors (Lipinski definition) is 2.